The van der Waals surface area contributed by atoms with Crippen LogP contribution in [0.1, 0.15) is 29.9 Å². The number of nitrogens with one attached hydrogen (secondary N) is 1. The summed E-state index contributed by atoms with van der Waals surface area (Å²) < 4.78 is 0. The first kappa shape index (κ1) is 14.2. The molecule has 1 amide bonds. The molecule has 2 aromatic carbocycles. The Morgan fingerprint density at radius 2 is 1.59 bits per heavy atom. The number of aromatic nitrogens is 2. The lowest BCUT2D eigenvalue weighted by molar-refractivity contribution is 0.0907. The van der Waals surface area contributed by atoms with Crippen LogP contribution >= 0.6 is 0 Å². The van der Waals surface area contributed by atoms with Gasteiger partial charge in [-0.25, -0.2) is 4.98 Å². The SMILES string of the molecule is CC(C)(NC(=O)c1cnc2ccccc2n1)c1ccccc1. The van der Waals surface area contributed by atoms with Gasteiger partial charge in [0, 0.05) is 0 Å². The highest BCUT2D eigenvalue weighted by molar-refractivity contribution is 5.94. The van der Waals surface area contributed by atoms with Gasteiger partial charge in [-0.1, -0.05) is 42.5 Å². The number of hydrogen-bond donors (Lipinski definition) is 1. The van der Waals surface area contributed by atoms with Crippen LogP contribution in [-0.2, 0) is 5.54 Å². The number of carbonyl (C=O) groups excluding carboxylic acids is 1. The van der Waals surface area contributed by atoms with Crippen molar-refractivity contribution in [1.82, 2.24) is 15.3 Å². The minimum atomic E-state index is -0.480. The fourth-order valence-corrected chi connectivity index (χ4v) is 2.34. The fraction of sp³-hybridized carbons (Fsp3) is 0.167. The van der Waals surface area contributed by atoms with Gasteiger partial charge in [-0.15, -0.1) is 0 Å². The molecule has 0 aliphatic rings. The number of carbonyl (C=O) groups is 1. The first-order valence-electron chi connectivity index (χ1n) is 7.16. The minimum Gasteiger partial charge on any atom is -0.342 e. The summed E-state index contributed by atoms with van der Waals surface area (Å²) in [7, 11) is 0. The Morgan fingerprint density at radius 1 is 0.955 bits per heavy atom. The molecule has 0 aliphatic heterocycles. The molecule has 1 N–H and O–H groups in total. The van der Waals surface area contributed by atoms with Gasteiger partial charge in [0.15, 0.2) is 0 Å². The molecule has 4 heteroatoms. The van der Waals surface area contributed by atoms with E-state index in [1.807, 2.05) is 68.4 Å². The number of benzene rings is 2. The lowest BCUT2D eigenvalue weighted by Crippen LogP contribution is -2.41. The van der Waals surface area contributed by atoms with Crippen LogP contribution in [0, 0.1) is 0 Å². The van der Waals surface area contributed by atoms with Crippen molar-refractivity contribution < 1.29 is 4.79 Å². The molecule has 0 saturated heterocycles. The average molecular weight is 291 g/mol. The molecule has 110 valence electrons. The van der Waals surface area contributed by atoms with E-state index >= 15 is 0 Å². The molecular formula is C18H17N3O. The topological polar surface area (TPSA) is 54.9 Å². The third kappa shape index (κ3) is 2.81. The van der Waals surface area contributed by atoms with E-state index in [-0.39, 0.29) is 5.91 Å². The molecule has 0 saturated carbocycles. The van der Waals surface area contributed by atoms with E-state index in [1.54, 1.807) is 0 Å². The maximum atomic E-state index is 12.5. The third-order valence-electron chi connectivity index (χ3n) is 3.60. The van der Waals surface area contributed by atoms with Gasteiger partial charge < -0.3 is 5.32 Å². The third-order valence-corrected chi connectivity index (χ3v) is 3.60. The maximum absolute atomic E-state index is 12.5. The lowest BCUT2D eigenvalue weighted by Gasteiger charge is -2.26. The average Bonchev–Trinajstić information content (AvgIpc) is 2.55. The number of rotatable bonds is 3. The smallest absolute Gasteiger partial charge is 0.272 e. The van der Waals surface area contributed by atoms with E-state index in [9.17, 15) is 4.79 Å². The van der Waals surface area contributed by atoms with Crippen LogP contribution in [0.4, 0.5) is 0 Å². The number of amides is 1. The monoisotopic (exact) mass is 291 g/mol. The Kier molecular flexibility index (Phi) is 3.59. The summed E-state index contributed by atoms with van der Waals surface area (Å²) in [6.07, 6.45) is 1.51. The van der Waals surface area contributed by atoms with E-state index in [4.69, 9.17) is 0 Å². The zero-order chi connectivity index (χ0) is 15.6. The van der Waals surface area contributed by atoms with Crippen molar-refractivity contribution in [2.45, 2.75) is 19.4 Å². The zero-order valence-corrected chi connectivity index (χ0v) is 12.6. The lowest BCUT2D eigenvalue weighted by atomic mass is 9.94. The minimum absolute atomic E-state index is 0.230. The van der Waals surface area contributed by atoms with Gasteiger partial charge in [-0.05, 0) is 31.5 Å². The quantitative estimate of drug-likeness (QED) is 0.805. The molecule has 0 unspecified atom stereocenters. The van der Waals surface area contributed by atoms with Crippen LogP contribution in [0.5, 0.6) is 0 Å². The van der Waals surface area contributed by atoms with Crippen molar-refractivity contribution >= 4 is 16.9 Å². The second-order valence-electron chi connectivity index (χ2n) is 5.69. The summed E-state index contributed by atoms with van der Waals surface area (Å²) in [6.45, 7) is 3.93. The van der Waals surface area contributed by atoms with Gasteiger partial charge >= 0.3 is 0 Å². The molecule has 3 aromatic rings. The first-order valence-corrected chi connectivity index (χ1v) is 7.16. The predicted octanol–water partition coefficient (Wildman–Crippen LogP) is 3.29. The second-order valence-corrected chi connectivity index (χ2v) is 5.69. The molecule has 4 nitrogen and oxygen atoms in total. The Bertz CT molecular complexity index is 813. The van der Waals surface area contributed by atoms with Gasteiger partial charge in [0.05, 0.1) is 22.8 Å². The molecule has 0 bridgehead atoms. The molecule has 0 radical (unpaired) electrons. The van der Waals surface area contributed by atoms with Crippen LogP contribution in [0.25, 0.3) is 11.0 Å². The first-order chi connectivity index (χ1) is 10.6. The Morgan fingerprint density at radius 3 is 2.32 bits per heavy atom. The van der Waals surface area contributed by atoms with Crippen molar-refractivity contribution in [3.8, 4) is 0 Å². The van der Waals surface area contributed by atoms with E-state index < -0.39 is 5.54 Å². The fourth-order valence-electron chi connectivity index (χ4n) is 2.34. The number of para-hydroxylation sites is 2. The Labute approximate surface area is 129 Å². The predicted molar refractivity (Wildman–Crippen MR) is 86.5 cm³/mol. The van der Waals surface area contributed by atoms with E-state index in [0.717, 1.165) is 11.1 Å². The normalized spacial score (nSPS) is 11.4. The van der Waals surface area contributed by atoms with Crippen molar-refractivity contribution in [2.75, 3.05) is 0 Å². The Hall–Kier alpha value is -2.75. The summed E-state index contributed by atoms with van der Waals surface area (Å²) in [5.41, 5.74) is 2.37. The molecular weight excluding hydrogens is 274 g/mol. The van der Waals surface area contributed by atoms with E-state index in [2.05, 4.69) is 15.3 Å². The van der Waals surface area contributed by atoms with Crippen LogP contribution in [0.15, 0.2) is 60.8 Å². The van der Waals surface area contributed by atoms with Gasteiger partial charge in [0.1, 0.15) is 5.69 Å². The number of hydrogen-bond acceptors (Lipinski definition) is 3. The molecule has 0 aliphatic carbocycles. The molecule has 1 aromatic heterocycles. The van der Waals surface area contributed by atoms with E-state index in [0.29, 0.717) is 11.2 Å². The van der Waals surface area contributed by atoms with Crippen molar-refractivity contribution in [3.63, 3.8) is 0 Å². The van der Waals surface area contributed by atoms with Gasteiger partial charge in [0.25, 0.3) is 5.91 Å². The van der Waals surface area contributed by atoms with Crippen LogP contribution in [-0.4, -0.2) is 15.9 Å². The standard InChI is InChI=1S/C18H17N3O/c1-18(2,13-8-4-3-5-9-13)21-17(22)16-12-19-14-10-6-7-11-15(14)20-16/h3-12H,1-2H3,(H,21,22). The van der Waals surface area contributed by atoms with Crippen LogP contribution in [0.3, 0.4) is 0 Å². The Balaban J connectivity index is 1.86. The van der Waals surface area contributed by atoms with E-state index in [1.165, 1.54) is 6.20 Å². The molecule has 1 heterocycles. The van der Waals surface area contributed by atoms with Crippen molar-refractivity contribution in [2.24, 2.45) is 0 Å². The summed E-state index contributed by atoms with van der Waals surface area (Å²) >= 11 is 0. The van der Waals surface area contributed by atoms with Crippen LogP contribution in [0.2, 0.25) is 0 Å². The number of fused-ring (bicyclic) bond motifs is 1. The van der Waals surface area contributed by atoms with Crippen LogP contribution < -0.4 is 5.32 Å². The van der Waals surface area contributed by atoms with Gasteiger partial charge in [0.2, 0.25) is 0 Å². The molecule has 0 fully saturated rings. The van der Waals surface area contributed by atoms with Crippen molar-refractivity contribution in [1.29, 1.82) is 0 Å². The van der Waals surface area contributed by atoms with Crippen molar-refractivity contribution in [3.05, 3.63) is 72.1 Å². The highest BCUT2D eigenvalue weighted by Crippen LogP contribution is 2.20. The summed E-state index contributed by atoms with van der Waals surface area (Å²) in [6, 6.07) is 17.4. The molecule has 0 spiro atoms. The number of nitrogens with zero attached hydrogens (tertiary/aromatic N) is 2. The summed E-state index contributed by atoms with van der Waals surface area (Å²) in [4.78, 5) is 21.1. The molecule has 22 heavy (non-hydrogen) atoms. The highest BCUT2D eigenvalue weighted by atomic mass is 16.2. The van der Waals surface area contributed by atoms with Gasteiger partial charge in [-0.3, -0.25) is 9.78 Å². The van der Waals surface area contributed by atoms with Gasteiger partial charge in [-0.2, -0.15) is 0 Å². The maximum Gasteiger partial charge on any atom is 0.272 e. The second kappa shape index (κ2) is 5.56. The largest absolute Gasteiger partial charge is 0.342 e. The highest BCUT2D eigenvalue weighted by Gasteiger charge is 2.24. The summed E-state index contributed by atoms with van der Waals surface area (Å²) in [5, 5.41) is 3.01. The molecule has 3 rings (SSSR count). The summed E-state index contributed by atoms with van der Waals surface area (Å²) in [5.74, 6) is -0.230. The molecule has 0 atom stereocenters. The zero-order valence-electron chi connectivity index (χ0n) is 12.6.